The average Bonchev–Trinajstić information content (AvgIpc) is 2.48. The summed E-state index contributed by atoms with van der Waals surface area (Å²) in [6.07, 6.45) is 9.25. The number of hydrogen-bond acceptors (Lipinski definition) is 1. The van der Waals surface area contributed by atoms with Gasteiger partial charge in [-0.2, -0.15) is 0 Å². The summed E-state index contributed by atoms with van der Waals surface area (Å²) in [6.45, 7) is 0. The fourth-order valence-electron chi connectivity index (χ4n) is 3.96. The van der Waals surface area contributed by atoms with Gasteiger partial charge in [0.1, 0.15) is 0 Å². The summed E-state index contributed by atoms with van der Waals surface area (Å²) in [5.74, 6) is 1.70. The molecule has 2 aliphatic rings. The van der Waals surface area contributed by atoms with E-state index in [9.17, 15) is 4.79 Å². The summed E-state index contributed by atoms with van der Waals surface area (Å²) in [5, 5.41) is 3.30. The number of amides is 1. The maximum atomic E-state index is 12.3. The van der Waals surface area contributed by atoms with Crippen LogP contribution >= 0.6 is 0 Å². The number of rotatable bonds is 2. The fourth-order valence-corrected chi connectivity index (χ4v) is 3.96. The summed E-state index contributed by atoms with van der Waals surface area (Å²) in [4.78, 5) is 12.3. The number of carbonyl (C=O) groups is 1. The second-order valence-corrected chi connectivity index (χ2v) is 6.09. The van der Waals surface area contributed by atoms with Crippen molar-refractivity contribution in [3.63, 3.8) is 0 Å². The molecule has 1 aromatic rings. The first-order valence-corrected chi connectivity index (χ1v) is 7.70. The van der Waals surface area contributed by atoms with Crippen molar-refractivity contribution in [2.24, 2.45) is 11.8 Å². The van der Waals surface area contributed by atoms with E-state index >= 15 is 0 Å². The molecule has 0 bridgehead atoms. The van der Waals surface area contributed by atoms with Gasteiger partial charge in [0.15, 0.2) is 0 Å². The highest BCUT2D eigenvalue weighted by molar-refractivity contribution is 5.94. The van der Waals surface area contributed by atoms with Crippen LogP contribution in [0.5, 0.6) is 0 Å². The smallest absolute Gasteiger partial charge is 0.251 e. The molecule has 2 aliphatic carbocycles. The van der Waals surface area contributed by atoms with Gasteiger partial charge in [0.05, 0.1) is 0 Å². The van der Waals surface area contributed by atoms with Crippen molar-refractivity contribution in [2.75, 3.05) is 0 Å². The Balaban J connectivity index is 1.66. The van der Waals surface area contributed by atoms with Crippen LogP contribution < -0.4 is 5.32 Å². The van der Waals surface area contributed by atoms with E-state index in [1.54, 1.807) is 0 Å². The monoisotopic (exact) mass is 257 g/mol. The van der Waals surface area contributed by atoms with Crippen molar-refractivity contribution >= 4 is 5.91 Å². The Labute approximate surface area is 115 Å². The van der Waals surface area contributed by atoms with Gasteiger partial charge >= 0.3 is 0 Å². The van der Waals surface area contributed by atoms with Crippen LogP contribution in [0.25, 0.3) is 0 Å². The maximum Gasteiger partial charge on any atom is 0.251 e. The minimum Gasteiger partial charge on any atom is -0.349 e. The molecule has 0 radical (unpaired) electrons. The zero-order valence-corrected chi connectivity index (χ0v) is 11.5. The first kappa shape index (κ1) is 12.7. The van der Waals surface area contributed by atoms with Crippen molar-refractivity contribution < 1.29 is 4.79 Å². The summed E-state index contributed by atoms with van der Waals surface area (Å²) in [5.41, 5.74) is 0.792. The largest absolute Gasteiger partial charge is 0.349 e. The Morgan fingerprint density at radius 2 is 1.68 bits per heavy atom. The predicted octanol–water partition coefficient (Wildman–Crippen LogP) is 3.78. The van der Waals surface area contributed by atoms with E-state index in [1.807, 2.05) is 30.3 Å². The lowest BCUT2D eigenvalue weighted by molar-refractivity contribution is 0.0823. The third-order valence-electron chi connectivity index (χ3n) is 4.93. The van der Waals surface area contributed by atoms with Gasteiger partial charge in [-0.25, -0.2) is 0 Å². The molecule has 2 fully saturated rings. The molecule has 2 saturated carbocycles. The third-order valence-corrected chi connectivity index (χ3v) is 4.93. The number of hydrogen-bond donors (Lipinski definition) is 1. The van der Waals surface area contributed by atoms with E-state index in [2.05, 4.69) is 5.32 Å². The standard InChI is InChI=1S/C17H23NO/c19-17(14-8-2-1-3-9-14)18-16-12-6-10-13-7-4-5-11-15(13)16/h1-3,8-9,13,15-16H,4-7,10-12H2,(H,18,19)/t13?,15?,16-/m1/s1. The van der Waals surface area contributed by atoms with Crippen LogP contribution in [0.4, 0.5) is 0 Å². The SMILES string of the molecule is O=C(N[C@@H]1CCCC2CCCCC21)c1ccccc1. The van der Waals surface area contributed by atoms with Crippen molar-refractivity contribution in [1.82, 2.24) is 5.32 Å². The van der Waals surface area contributed by atoms with E-state index < -0.39 is 0 Å². The quantitative estimate of drug-likeness (QED) is 0.858. The molecule has 1 aromatic carbocycles. The summed E-state index contributed by atoms with van der Waals surface area (Å²) in [7, 11) is 0. The van der Waals surface area contributed by atoms with Gasteiger partial charge in [0, 0.05) is 11.6 Å². The van der Waals surface area contributed by atoms with E-state index in [0.29, 0.717) is 6.04 Å². The average molecular weight is 257 g/mol. The molecule has 3 rings (SSSR count). The Hall–Kier alpha value is -1.31. The number of fused-ring (bicyclic) bond motifs is 1. The van der Waals surface area contributed by atoms with Crippen LogP contribution in [0.15, 0.2) is 30.3 Å². The van der Waals surface area contributed by atoms with Crippen molar-refractivity contribution in [3.8, 4) is 0 Å². The lowest BCUT2D eigenvalue weighted by atomic mass is 9.68. The minimum absolute atomic E-state index is 0.108. The lowest BCUT2D eigenvalue weighted by Gasteiger charge is -2.41. The highest BCUT2D eigenvalue weighted by Gasteiger charge is 2.35. The summed E-state index contributed by atoms with van der Waals surface area (Å²) >= 11 is 0. The summed E-state index contributed by atoms with van der Waals surface area (Å²) in [6, 6.07) is 10.0. The minimum atomic E-state index is 0.108. The van der Waals surface area contributed by atoms with Crippen LogP contribution in [0, 0.1) is 11.8 Å². The van der Waals surface area contributed by atoms with Gasteiger partial charge in [0.25, 0.3) is 5.91 Å². The van der Waals surface area contributed by atoms with Crippen molar-refractivity contribution in [3.05, 3.63) is 35.9 Å². The Morgan fingerprint density at radius 3 is 2.53 bits per heavy atom. The van der Waals surface area contributed by atoms with Crippen LogP contribution in [-0.2, 0) is 0 Å². The molecule has 3 atom stereocenters. The number of benzene rings is 1. The Morgan fingerprint density at radius 1 is 0.947 bits per heavy atom. The van der Waals surface area contributed by atoms with E-state index in [0.717, 1.165) is 17.4 Å². The second kappa shape index (κ2) is 5.77. The van der Waals surface area contributed by atoms with E-state index in [-0.39, 0.29) is 5.91 Å². The molecule has 0 heterocycles. The number of nitrogens with one attached hydrogen (secondary N) is 1. The zero-order valence-electron chi connectivity index (χ0n) is 11.5. The zero-order chi connectivity index (χ0) is 13.1. The second-order valence-electron chi connectivity index (χ2n) is 6.09. The molecule has 1 N–H and O–H groups in total. The molecule has 19 heavy (non-hydrogen) atoms. The van der Waals surface area contributed by atoms with Gasteiger partial charge in [0.2, 0.25) is 0 Å². The molecule has 2 heteroatoms. The van der Waals surface area contributed by atoms with Crippen LogP contribution in [0.1, 0.15) is 55.3 Å². The maximum absolute atomic E-state index is 12.3. The first-order valence-electron chi connectivity index (χ1n) is 7.70. The molecular formula is C17H23NO. The van der Waals surface area contributed by atoms with Crippen molar-refractivity contribution in [1.29, 1.82) is 0 Å². The van der Waals surface area contributed by atoms with Gasteiger partial charge in [-0.15, -0.1) is 0 Å². The molecule has 0 aliphatic heterocycles. The fraction of sp³-hybridized carbons (Fsp3) is 0.588. The molecule has 102 valence electrons. The van der Waals surface area contributed by atoms with Crippen LogP contribution in [-0.4, -0.2) is 11.9 Å². The molecular weight excluding hydrogens is 234 g/mol. The predicted molar refractivity (Wildman–Crippen MR) is 77.0 cm³/mol. The van der Waals surface area contributed by atoms with E-state index in [1.165, 1.54) is 44.9 Å². The molecule has 1 amide bonds. The molecule has 2 unspecified atom stereocenters. The Kier molecular flexibility index (Phi) is 3.86. The van der Waals surface area contributed by atoms with Crippen LogP contribution in [0.2, 0.25) is 0 Å². The van der Waals surface area contributed by atoms with Gasteiger partial charge < -0.3 is 5.32 Å². The molecule has 0 aromatic heterocycles. The number of carbonyl (C=O) groups excluding carboxylic acids is 1. The van der Waals surface area contributed by atoms with Crippen LogP contribution in [0.3, 0.4) is 0 Å². The topological polar surface area (TPSA) is 29.1 Å². The molecule has 0 saturated heterocycles. The van der Waals surface area contributed by atoms with E-state index in [4.69, 9.17) is 0 Å². The molecule has 2 nitrogen and oxygen atoms in total. The Bertz CT molecular complexity index is 426. The van der Waals surface area contributed by atoms with Gasteiger partial charge in [-0.1, -0.05) is 50.3 Å². The molecule has 0 spiro atoms. The van der Waals surface area contributed by atoms with Gasteiger partial charge in [-0.05, 0) is 36.8 Å². The normalized spacial score (nSPS) is 30.4. The third kappa shape index (κ3) is 2.83. The van der Waals surface area contributed by atoms with Crippen molar-refractivity contribution in [2.45, 2.75) is 51.0 Å². The highest BCUT2D eigenvalue weighted by atomic mass is 16.1. The lowest BCUT2D eigenvalue weighted by Crippen LogP contribution is -2.46. The highest BCUT2D eigenvalue weighted by Crippen LogP contribution is 2.40. The summed E-state index contributed by atoms with van der Waals surface area (Å²) < 4.78 is 0. The first-order chi connectivity index (χ1) is 9.34. The van der Waals surface area contributed by atoms with Gasteiger partial charge in [-0.3, -0.25) is 4.79 Å².